The molecule has 2 aromatic rings. The maximum Gasteiger partial charge on any atom is 0.250 e. The van der Waals surface area contributed by atoms with E-state index in [1.807, 2.05) is 12.3 Å². The fraction of sp³-hybridized carbons (Fsp3) is 0.312. The van der Waals surface area contributed by atoms with Gasteiger partial charge >= 0.3 is 0 Å². The number of hydrogen-bond acceptors (Lipinski definition) is 3. The summed E-state index contributed by atoms with van der Waals surface area (Å²) in [6.45, 7) is 2.91. The van der Waals surface area contributed by atoms with Crippen LogP contribution in [0.4, 0.5) is 0 Å². The van der Waals surface area contributed by atoms with Crippen LogP contribution in [0.2, 0.25) is 0 Å². The molecule has 0 atom stereocenters. The molecule has 0 saturated carbocycles. The quantitative estimate of drug-likeness (QED) is 0.843. The van der Waals surface area contributed by atoms with Crippen LogP contribution in [-0.4, -0.2) is 17.7 Å². The number of pyridine rings is 1. The van der Waals surface area contributed by atoms with E-state index in [-0.39, 0.29) is 5.56 Å². The van der Waals surface area contributed by atoms with Crippen molar-refractivity contribution in [2.75, 3.05) is 13.2 Å². The Morgan fingerprint density at radius 3 is 3.10 bits per heavy atom. The number of halogens is 1. The highest BCUT2D eigenvalue weighted by molar-refractivity contribution is 9.10. The first-order valence-corrected chi connectivity index (χ1v) is 7.83. The van der Waals surface area contributed by atoms with E-state index >= 15 is 0 Å². The lowest BCUT2D eigenvalue weighted by molar-refractivity contribution is 0.352. The molecule has 0 spiro atoms. The molecular formula is C16H17BrN2O2. The second-order valence-corrected chi connectivity index (χ2v) is 5.98. The first kappa shape index (κ1) is 14.4. The molecule has 0 amide bonds. The highest BCUT2D eigenvalue weighted by Gasteiger charge is 2.16. The van der Waals surface area contributed by atoms with Gasteiger partial charge in [0.25, 0.3) is 5.56 Å². The van der Waals surface area contributed by atoms with Crippen molar-refractivity contribution >= 4 is 15.9 Å². The van der Waals surface area contributed by atoms with Crippen LogP contribution in [0, 0.1) is 0 Å². The molecule has 1 aliphatic heterocycles. The number of fused-ring (bicyclic) bond motifs is 1. The summed E-state index contributed by atoms with van der Waals surface area (Å²) in [5.41, 5.74) is 2.46. The fourth-order valence-corrected chi connectivity index (χ4v) is 3.10. The zero-order valence-corrected chi connectivity index (χ0v) is 13.2. The van der Waals surface area contributed by atoms with Gasteiger partial charge in [-0.15, -0.1) is 0 Å². The zero-order valence-electron chi connectivity index (χ0n) is 11.6. The summed E-state index contributed by atoms with van der Waals surface area (Å²) in [5, 5.41) is 3.37. The van der Waals surface area contributed by atoms with Gasteiger partial charge in [-0.2, -0.15) is 0 Å². The minimum absolute atomic E-state index is 0.0333. The van der Waals surface area contributed by atoms with Crippen molar-refractivity contribution in [3.05, 3.63) is 62.5 Å². The predicted octanol–water partition coefficient (Wildman–Crippen LogP) is 2.34. The standard InChI is InChI=1S/C16H17BrN2O2/c17-14-9-12-4-8-21-16(12)13(10-14)11-18-5-7-19-6-2-1-3-15(19)20/h1-3,6,9-10,18H,4-5,7-8,11H2. The Balaban J connectivity index is 1.59. The Bertz CT molecular complexity index is 697. The predicted molar refractivity (Wildman–Crippen MR) is 85.7 cm³/mol. The average molecular weight is 349 g/mol. The van der Waals surface area contributed by atoms with Gasteiger partial charge in [0.05, 0.1) is 6.61 Å². The second-order valence-electron chi connectivity index (χ2n) is 5.06. The highest BCUT2D eigenvalue weighted by Crippen LogP contribution is 2.32. The molecule has 0 unspecified atom stereocenters. The maximum absolute atomic E-state index is 11.6. The number of nitrogens with one attached hydrogen (secondary N) is 1. The third-order valence-corrected chi connectivity index (χ3v) is 4.03. The molecule has 21 heavy (non-hydrogen) atoms. The molecule has 5 heteroatoms. The molecule has 0 radical (unpaired) electrons. The van der Waals surface area contributed by atoms with E-state index in [9.17, 15) is 4.79 Å². The molecule has 0 saturated heterocycles. The van der Waals surface area contributed by atoms with Gasteiger partial charge in [-0.3, -0.25) is 4.79 Å². The number of nitrogens with zero attached hydrogens (tertiary/aromatic N) is 1. The lowest BCUT2D eigenvalue weighted by atomic mass is 10.1. The van der Waals surface area contributed by atoms with Crippen LogP contribution in [0.25, 0.3) is 0 Å². The summed E-state index contributed by atoms with van der Waals surface area (Å²) in [6.07, 6.45) is 2.78. The van der Waals surface area contributed by atoms with Crippen molar-refractivity contribution in [3.8, 4) is 5.75 Å². The molecule has 110 valence electrons. The van der Waals surface area contributed by atoms with Gasteiger partial charge in [-0.1, -0.05) is 22.0 Å². The molecule has 1 aliphatic rings. The number of ether oxygens (including phenoxy) is 1. The van der Waals surface area contributed by atoms with Crippen LogP contribution in [0.3, 0.4) is 0 Å². The third kappa shape index (κ3) is 3.36. The van der Waals surface area contributed by atoms with Crippen LogP contribution in [-0.2, 0) is 19.5 Å². The summed E-state index contributed by atoms with van der Waals surface area (Å²) < 4.78 is 8.49. The molecule has 1 aromatic heterocycles. The molecule has 2 heterocycles. The Morgan fingerprint density at radius 2 is 2.24 bits per heavy atom. The van der Waals surface area contributed by atoms with E-state index in [0.717, 1.165) is 41.9 Å². The number of hydrogen-bond donors (Lipinski definition) is 1. The molecule has 3 rings (SSSR count). The minimum atomic E-state index is 0.0333. The van der Waals surface area contributed by atoms with Gasteiger partial charge in [0.1, 0.15) is 5.75 Å². The normalized spacial score (nSPS) is 13.0. The number of aromatic nitrogens is 1. The van der Waals surface area contributed by atoms with Crippen molar-refractivity contribution in [1.29, 1.82) is 0 Å². The third-order valence-electron chi connectivity index (χ3n) is 3.57. The van der Waals surface area contributed by atoms with Crippen LogP contribution in [0.5, 0.6) is 5.75 Å². The lowest BCUT2D eigenvalue weighted by Gasteiger charge is -2.11. The lowest BCUT2D eigenvalue weighted by Crippen LogP contribution is -2.25. The molecule has 0 bridgehead atoms. The highest BCUT2D eigenvalue weighted by atomic mass is 79.9. The van der Waals surface area contributed by atoms with Crippen LogP contribution in [0.1, 0.15) is 11.1 Å². The molecule has 4 nitrogen and oxygen atoms in total. The Kier molecular flexibility index (Phi) is 4.41. The van der Waals surface area contributed by atoms with Gasteiger partial charge in [-0.05, 0) is 23.8 Å². The smallest absolute Gasteiger partial charge is 0.250 e. The zero-order chi connectivity index (χ0) is 14.7. The molecule has 0 fully saturated rings. The van der Waals surface area contributed by atoms with Crippen molar-refractivity contribution in [3.63, 3.8) is 0 Å². The van der Waals surface area contributed by atoms with E-state index in [1.165, 1.54) is 5.56 Å². The Hall–Kier alpha value is -1.59. The first-order chi connectivity index (χ1) is 10.2. The van der Waals surface area contributed by atoms with E-state index < -0.39 is 0 Å². The van der Waals surface area contributed by atoms with E-state index in [0.29, 0.717) is 6.54 Å². The van der Waals surface area contributed by atoms with Gasteiger partial charge in [0, 0.05) is 48.4 Å². The van der Waals surface area contributed by atoms with E-state index in [4.69, 9.17) is 4.74 Å². The monoisotopic (exact) mass is 348 g/mol. The van der Waals surface area contributed by atoms with Crippen LogP contribution < -0.4 is 15.6 Å². The SMILES string of the molecule is O=c1ccccn1CCNCc1cc(Br)cc2c1OCC2. The number of rotatable bonds is 5. The summed E-state index contributed by atoms with van der Waals surface area (Å²) in [5.74, 6) is 1.02. The second kappa shape index (κ2) is 6.45. The Morgan fingerprint density at radius 1 is 1.33 bits per heavy atom. The fourth-order valence-electron chi connectivity index (χ4n) is 2.55. The van der Waals surface area contributed by atoms with Gasteiger partial charge < -0.3 is 14.6 Å². The molecule has 1 N–H and O–H groups in total. The van der Waals surface area contributed by atoms with Gasteiger partial charge in [0.2, 0.25) is 0 Å². The summed E-state index contributed by atoms with van der Waals surface area (Å²) in [6, 6.07) is 9.42. The largest absolute Gasteiger partial charge is 0.493 e. The topological polar surface area (TPSA) is 43.3 Å². The van der Waals surface area contributed by atoms with Crippen molar-refractivity contribution < 1.29 is 4.74 Å². The molecule has 0 aliphatic carbocycles. The first-order valence-electron chi connectivity index (χ1n) is 7.04. The van der Waals surface area contributed by atoms with E-state index in [2.05, 4.69) is 33.4 Å². The van der Waals surface area contributed by atoms with Crippen molar-refractivity contribution in [1.82, 2.24) is 9.88 Å². The van der Waals surface area contributed by atoms with Gasteiger partial charge in [-0.25, -0.2) is 0 Å². The Labute approximate surface area is 131 Å². The van der Waals surface area contributed by atoms with Crippen molar-refractivity contribution in [2.45, 2.75) is 19.5 Å². The summed E-state index contributed by atoms with van der Waals surface area (Å²) in [4.78, 5) is 11.6. The molecule has 1 aromatic carbocycles. The van der Waals surface area contributed by atoms with Crippen LogP contribution in [0.15, 0.2) is 45.8 Å². The van der Waals surface area contributed by atoms with Gasteiger partial charge in [0.15, 0.2) is 0 Å². The van der Waals surface area contributed by atoms with Crippen LogP contribution >= 0.6 is 15.9 Å². The molecular weight excluding hydrogens is 332 g/mol. The minimum Gasteiger partial charge on any atom is -0.493 e. The van der Waals surface area contributed by atoms with E-state index in [1.54, 1.807) is 16.7 Å². The van der Waals surface area contributed by atoms with Crippen molar-refractivity contribution in [2.24, 2.45) is 0 Å². The summed E-state index contributed by atoms with van der Waals surface area (Å²) in [7, 11) is 0. The number of benzene rings is 1. The summed E-state index contributed by atoms with van der Waals surface area (Å²) >= 11 is 3.54. The maximum atomic E-state index is 11.6. The average Bonchev–Trinajstić information content (AvgIpc) is 2.93.